The van der Waals surface area contributed by atoms with Crippen molar-refractivity contribution in [3.05, 3.63) is 30.3 Å². The van der Waals surface area contributed by atoms with Crippen molar-refractivity contribution in [2.24, 2.45) is 0 Å². The highest BCUT2D eigenvalue weighted by Crippen LogP contribution is 2.18. The molecule has 1 aromatic carbocycles. The molecule has 0 fully saturated rings. The van der Waals surface area contributed by atoms with Gasteiger partial charge in [-0.3, -0.25) is 4.79 Å². The fourth-order valence-corrected chi connectivity index (χ4v) is 4.81. The minimum atomic E-state index is 0.319. The van der Waals surface area contributed by atoms with Crippen molar-refractivity contribution in [3.8, 4) is 0 Å². The maximum atomic E-state index is 12.9. The summed E-state index contributed by atoms with van der Waals surface area (Å²) in [7, 11) is 0. The Morgan fingerprint density at radius 2 is 1.06 bits per heavy atom. The smallest absolute Gasteiger partial charge is 0.232 e. The van der Waals surface area contributed by atoms with Crippen LogP contribution in [0.1, 0.15) is 117 Å². The fraction of sp³-hybridized carbons (Fsp3) is 0.750. The van der Waals surface area contributed by atoms with Gasteiger partial charge in [0, 0.05) is 18.0 Å². The van der Waals surface area contributed by atoms with Gasteiger partial charge in [-0.05, 0) is 25.0 Å². The van der Waals surface area contributed by atoms with Gasteiger partial charge in [0.15, 0.2) is 0 Å². The molecule has 0 unspecified atom stereocenters. The monoisotopic (exact) mass is 447 g/mol. The summed E-state index contributed by atoms with van der Waals surface area (Å²) < 4.78 is 0. The Kier molecular flexibility index (Phi) is 18.9. The largest absolute Gasteiger partial charge is 0.342 e. The van der Waals surface area contributed by atoms with Crippen LogP contribution in [0.2, 0.25) is 0 Å². The molecule has 1 aromatic rings. The summed E-state index contributed by atoms with van der Waals surface area (Å²) in [5.74, 6) is 0.887. The lowest BCUT2D eigenvalue weighted by Gasteiger charge is -2.23. The number of hydrogen-bond donors (Lipinski definition) is 0. The van der Waals surface area contributed by atoms with E-state index in [0.29, 0.717) is 11.7 Å². The van der Waals surface area contributed by atoms with Crippen LogP contribution in [0.4, 0.5) is 0 Å². The van der Waals surface area contributed by atoms with Gasteiger partial charge in [-0.1, -0.05) is 122 Å². The molecule has 0 N–H and O–H groups in total. The Bertz CT molecular complexity index is 499. The van der Waals surface area contributed by atoms with Crippen LogP contribution in [0.15, 0.2) is 35.2 Å². The van der Waals surface area contributed by atoms with E-state index in [0.717, 1.165) is 25.9 Å². The van der Waals surface area contributed by atoms with Crippen LogP contribution in [0.3, 0.4) is 0 Å². The molecule has 178 valence electrons. The Balaban J connectivity index is 2.28. The summed E-state index contributed by atoms with van der Waals surface area (Å²) in [6, 6.07) is 10.3. The van der Waals surface area contributed by atoms with Gasteiger partial charge in [-0.25, -0.2) is 0 Å². The predicted molar refractivity (Wildman–Crippen MR) is 139 cm³/mol. The molecular formula is C28H49NOS. The summed E-state index contributed by atoms with van der Waals surface area (Å²) >= 11 is 1.68. The second-order valence-corrected chi connectivity index (χ2v) is 9.98. The highest BCUT2D eigenvalue weighted by Gasteiger charge is 2.13. The molecule has 0 aliphatic carbocycles. The molecule has 0 saturated carbocycles. The first-order valence-electron chi connectivity index (χ1n) is 13.2. The van der Waals surface area contributed by atoms with Crippen LogP contribution in [-0.2, 0) is 4.79 Å². The molecule has 1 amide bonds. The van der Waals surface area contributed by atoms with E-state index in [1.165, 1.54) is 94.8 Å². The zero-order chi connectivity index (χ0) is 22.4. The molecule has 0 bridgehead atoms. The Labute approximate surface area is 198 Å². The topological polar surface area (TPSA) is 20.3 Å². The molecule has 1 rings (SSSR count). The highest BCUT2D eigenvalue weighted by molar-refractivity contribution is 8.00. The van der Waals surface area contributed by atoms with Crippen LogP contribution in [0.5, 0.6) is 0 Å². The SMILES string of the molecule is CCCCCCCCCCN(CCCCCCCCCC)C(=O)CSc1ccccc1. The van der Waals surface area contributed by atoms with E-state index in [1.54, 1.807) is 11.8 Å². The molecule has 2 nitrogen and oxygen atoms in total. The lowest BCUT2D eigenvalue weighted by Crippen LogP contribution is -2.34. The average Bonchev–Trinajstić information content (AvgIpc) is 2.80. The van der Waals surface area contributed by atoms with Crippen molar-refractivity contribution in [2.45, 2.75) is 121 Å². The molecule has 0 saturated heterocycles. The predicted octanol–water partition coefficient (Wildman–Crippen LogP) is 8.89. The van der Waals surface area contributed by atoms with Crippen LogP contribution >= 0.6 is 11.8 Å². The third-order valence-electron chi connectivity index (χ3n) is 6.02. The van der Waals surface area contributed by atoms with E-state index < -0.39 is 0 Å². The molecule has 3 heteroatoms. The fourth-order valence-electron chi connectivity index (χ4n) is 3.99. The van der Waals surface area contributed by atoms with Gasteiger partial charge in [0.1, 0.15) is 0 Å². The van der Waals surface area contributed by atoms with Crippen LogP contribution in [0.25, 0.3) is 0 Å². The third kappa shape index (κ3) is 16.3. The van der Waals surface area contributed by atoms with Crippen LogP contribution in [-0.4, -0.2) is 29.6 Å². The number of nitrogens with zero attached hydrogens (tertiary/aromatic N) is 1. The van der Waals surface area contributed by atoms with Gasteiger partial charge < -0.3 is 4.90 Å². The second kappa shape index (κ2) is 20.9. The first-order chi connectivity index (χ1) is 15.3. The van der Waals surface area contributed by atoms with Crippen molar-refractivity contribution in [1.29, 1.82) is 0 Å². The molecule has 31 heavy (non-hydrogen) atoms. The lowest BCUT2D eigenvalue weighted by molar-refractivity contribution is -0.128. The lowest BCUT2D eigenvalue weighted by atomic mass is 10.1. The number of benzene rings is 1. The number of unbranched alkanes of at least 4 members (excludes halogenated alkanes) is 14. The van der Waals surface area contributed by atoms with Crippen molar-refractivity contribution in [2.75, 3.05) is 18.8 Å². The maximum Gasteiger partial charge on any atom is 0.232 e. The summed E-state index contributed by atoms with van der Waals surface area (Å²) in [6.07, 6.45) is 21.1. The second-order valence-electron chi connectivity index (χ2n) is 8.93. The van der Waals surface area contributed by atoms with Gasteiger partial charge in [0.05, 0.1) is 5.75 Å². The van der Waals surface area contributed by atoms with Crippen LogP contribution < -0.4 is 0 Å². The van der Waals surface area contributed by atoms with E-state index in [1.807, 2.05) is 18.2 Å². The molecule has 0 radical (unpaired) electrons. The molecule has 0 heterocycles. The molecule has 0 aliphatic heterocycles. The van der Waals surface area contributed by atoms with Crippen molar-refractivity contribution < 1.29 is 4.79 Å². The van der Waals surface area contributed by atoms with E-state index in [4.69, 9.17) is 0 Å². The third-order valence-corrected chi connectivity index (χ3v) is 7.02. The van der Waals surface area contributed by atoms with E-state index in [2.05, 4.69) is 30.9 Å². The number of amides is 1. The Morgan fingerprint density at radius 3 is 1.52 bits per heavy atom. The number of carbonyl (C=O) groups excluding carboxylic acids is 1. The number of thioether (sulfide) groups is 1. The minimum absolute atomic E-state index is 0.319. The molecule has 0 spiro atoms. The van der Waals surface area contributed by atoms with Gasteiger partial charge in [-0.15, -0.1) is 11.8 Å². The summed E-state index contributed by atoms with van der Waals surface area (Å²) in [5.41, 5.74) is 0. The van der Waals surface area contributed by atoms with Crippen molar-refractivity contribution in [1.82, 2.24) is 4.90 Å². The average molecular weight is 448 g/mol. The standard InChI is InChI=1S/C28H49NOS/c1-3-5-7-9-11-13-15-20-24-29(25-21-16-14-12-10-8-6-4-2)28(30)26-31-27-22-18-17-19-23-27/h17-19,22-23H,3-16,20-21,24-26H2,1-2H3. The molecule has 0 atom stereocenters. The highest BCUT2D eigenvalue weighted by atomic mass is 32.2. The molecular weight excluding hydrogens is 398 g/mol. The number of hydrogen-bond acceptors (Lipinski definition) is 2. The minimum Gasteiger partial charge on any atom is -0.342 e. The first-order valence-corrected chi connectivity index (χ1v) is 14.2. The normalized spacial score (nSPS) is 11.0. The summed E-state index contributed by atoms with van der Waals surface area (Å²) in [5, 5.41) is 0. The Hall–Kier alpha value is -0.960. The van der Waals surface area contributed by atoms with Gasteiger partial charge in [0.2, 0.25) is 5.91 Å². The first kappa shape index (κ1) is 28.1. The van der Waals surface area contributed by atoms with E-state index in [9.17, 15) is 4.79 Å². The number of rotatable bonds is 21. The molecule has 0 aliphatic rings. The quantitative estimate of drug-likeness (QED) is 0.138. The zero-order valence-electron chi connectivity index (χ0n) is 20.6. The summed E-state index contributed by atoms with van der Waals surface area (Å²) in [6.45, 7) is 6.43. The van der Waals surface area contributed by atoms with E-state index >= 15 is 0 Å². The van der Waals surface area contributed by atoms with Gasteiger partial charge in [-0.2, -0.15) is 0 Å². The molecule has 0 aromatic heterocycles. The van der Waals surface area contributed by atoms with Gasteiger partial charge in [0.25, 0.3) is 0 Å². The van der Waals surface area contributed by atoms with Crippen molar-refractivity contribution in [3.63, 3.8) is 0 Å². The van der Waals surface area contributed by atoms with Gasteiger partial charge >= 0.3 is 0 Å². The number of carbonyl (C=O) groups is 1. The summed E-state index contributed by atoms with van der Waals surface area (Å²) in [4.78, 5) is 16.2. The zero-order valence-corrected chi connectivity index (χ0v) is 21.4. The maximum absolute atomic E-state index is 12.9. The van der Waals surface area contributed by atoms with Crippen molar-refractivity contribution >= 4 is 17.7 Å². The van der Waals surface area contributed by atoms with Crippen LogP contribution in [0, 0.1) is 0 Å². The Morgan fingerprint density at radius 1 is 0.645 bits per heavy atom. The van der Waals surface area contributed by atoms with E-state index in [-0.39, 0.29) is 0 Å².